The molecule has 2 aromatic carbocycles. The van der Waals surface area contributed by atoms with Crippen LogP contribution >= 0.6 is 23.2 Å². The predicted molar refractivity (Wildman–Crippen MR) is 89.7 cm³/mol. The second kappa shape index (κ2) is 7.45. The molecule has 2 nitrogen and oxygen atoms in total. The molecule has 132 valence electrons. The van der Waals surface area contributed by atoms with Crippen LogP contribution in [0.15, 0.2) is 66.4 Å². The Kier molecular flexibility index (Phi) is 5.75. The summed E-state index contributed by atoms with van der Waals surface area (Å²) in [5.41, 5.74) is -1.23. The summed E-state index contributed by atoms with van der Waals surface area (Å²) >= 11 is 10.2. The number of alkyl halides is 5. The fraction of sp³-hybridized carbons (Fsp3) is 0.118. The third kappa shape index (κ3) is 4.74. The summed E-state index contributed by atoms with van der Waals surface area (Å²) in [7, 11) is 0. The molecule has 0 aliphatic heterocycles. The van der Waals surface area contributed by atoms with E-state index in [0.717, 1.165) is 0 Å². The van der Waals surface area contributed by atoms with Gasteiger partial charge in [0.05, 0.1) is 5.70 Å². The van der Waals surface area contributed by atoms with Crippen LogP contribution in [-0.2, 0) is 0 Å². The maximum Gasteiger partial charge on any atom is 0.390 e. The quantitative estimate of drug-likeness (QED) is 0.283. The van der Waals surface area contributed by atoms with Crippen LogP contribution in [0.4, 0.5) is 23.2 Å². The Bertz CT molecular complexity index is 771. The van der Waals surface area contributed by atoms with Crippen molar-refractivity contribution in [2.45, 2.75) is 11.3 Å². The largest absolute Gasteiger partial charge is 0.390 e. The average molecular weight is 392 g/mol. The minimum atomic E-state index is -4.89. The Balaban J connectivity index is 2.43. The maximum atomic E-state index is 14.0. The molecule has 0 aromatic heterocycles. The second-order valence-electron chi connectivity index (χ2n) is 4.99. The van der Waals surface area contributed by atoms with Gasteiger partial charge in [0.1, 0.15) is 0 Å². The first-order valence-corrected chi connectivity index (χ1v) is 7.65. The molecular weight excluding hydrogens is 381 g/mol. The highest BCUT2D eigenvalue weighted by atomic mass is 35.5. The fourth-order valence-corrected chi connectivity index (χ4v) is 2.09. The molecule has 25 heavy (non-hydrogen) atoms. The normalized spacial score (nSPS) is 12.8. The van der Waals surface area contributed by atoms with Gasteiger partial charge in [-0.2, -0.15) is 17.6 Å². The van der Waals surface area contributed by atoms with Gasteiger partial charge in [-0.1, -0.05) is 41.9 Å². The summed E-state index contributed by atoms with van der Waals surface area (Å²) in [6.45, 7) is 0. The van der Waals surface area contributed by atoms with Crippen molar-refractivity contribution in [3.63, 3.8) is 0 Å². The lowest BCUT2D eigenvalue weighted by molar-refractivity contribution is -0.129. The minimum Gasteiger partial charge on any atom is -0.354 e. The molecular formula is C17H11Cl2F4NO. The summed E-state index contributed by atoms with van der Waals surface area (Å²) in [5.74, 6) is -5.68. The van der Waals surface area contributed by atoms with Gasteiger partial charge in [-0.25, -0.2) is 0 Å². The number of allylic oxidation sites excluding steroid dienone is 2. The molecule has 0 bridgehead atoms. The number of benzene rings is 2. The zero-order valence-electron chi connectivity index (χ0n) is 12.4. The molecule has 0 fully saturated rings. The summed E-state index contributed by atoms with van der Waals surface area (Å²) in [5, 5.41) is -2.45. The van der Waals surface area contributed by atoms with Gasteiger partial charge in [0.25, 0.3) is 0 Å². The Morgan fingerprint density at radius 1 is 0.960 bits per heavy atom. The number of ketones is 1. The third-order valence-corrected chi connectivity index (χ3v) is 3.64. The molecule has 0 heterocycles. The molecule has 0 aliphatic carbocycles. The van der Waals surface area contributed by atoms with Crippen molar-refractivity contribution in [3.05, 3.63) is 77.0 Å². The van der Waals surface area contributed by atoms with Crippen molar-refractivity contribution in [1.29, 1.82) is 0 Å². The standard InChI is InChI=1S/C17H11Cl2F4NO/c18-12-6-8-13(9-7-12)24-15(16(20,21)17(19,22)23)10-14(25)11-4-2-1-3-5-11/h1-10,24H/b15-10+. The number of carbonyl (C=O) groups excluding carboxylic acids is 1. The number of hydrogen-bond acceptors (Lipinski definition) is 2. The van der Waals surface area contributed by atoms with Gasteiger partial charge in [0, 0.05) is 22.3 Å². The van der Waals surface area contributed by atoms with Crippen molar-refractivity contribution in [1.82, 2.24) is 0 Å². The zero-order chi connectivity index (χ0) is 18.7. The molecule has 0 spiro atoms. The van der Waals surface area contributed by atoms with Crippen molar-refractivity contribution >= 4 is 34.7 Å². The zero-order valence-corrected chi connectivity index (χ0v) is 14.0. The van der Waals surface area contributed by atoms with E-state index in [4.69, 9.17) is 11.6 Å². The first-order valence-electron chi connectivity index (χ1n) is 6.90. The van der Waals surface area contributed by atoms with Gasteiger partial charge in [-0.3, -0.25) is 4.79 Å². The Morgan fingerprint density at radius 3 is 2.04 bits per heavy atom. The SMILES string of the molecule is O=C(/C=C(/Nc1ccc(Cl)cc1)C(F)(F)C(F)(F)Cl)c1ccccc1. The molecule has 8 heteroatoms. The number of nitrogens with one attached hydrogen (secondary N) is 1. The van der Waals surface area contributed by atoms with E-state index < -0.39 is 22.8 Å². The third-order valence-electron chi connectivity index (χ3n) is 3.15. The fourth-order valence-electron chi connectivity index (χ4n) is 1.86. The van der Waals surface area contributed by atoms with Crippen LogP contribution in [0.1, 0.15) is 10.4 Å². The van der Waals surface area contributed by atoms with Crippen molar-refractivity contribution in [2.24, 2.45) is 0 Å². The van der Waals surface area contributed by atoms with Crippen LogP contribution in [0.25, 0.3) is 0 Å². The predicted octanol–water partition coefficient (Wildman–Crippen LogP) is 5.99. The molecule has 0 atom stereocenters. The van der Waals surface area contributed by atoms with Gasteiger partial charge in [0.2, 0.25) is 0 Å². The lowest BCUT2D eigenvalue weighted by atomic mass is 10.1. The van der Waals surface area contributed by atoms with E-state index >= 15 is 0 Å². The number of carbonyl (C=O) groups is 1. The first-order chi connectivity index (χ1) is 11.6. The van der Waals surface area contributed by atoms with Gasteiger partial charge in [-0.05, 0) is 35.9 Å². The van der Waals surface area contributed by atoms with Crippen LogP contribution in [0.3, 0.4) is 0 Å². The topological polar surface area (TPSA) is 29.1 Å². The van der Waals surface area contributed by atoms with Crippen LogP contribution in [-0.4, -0.2) is 17.1 Å². The summed E-state index contributed by atoms with van der Waals surface area (Å²) in [6.07, 6.45) is 0.403. The monoisotopic (exact) mass is 391 g/mol. The molecule has 0 saturated carbocycles. The van der Waals surface area contributed by atoms with Gasteiger partial charge in [-0.15, -0.1) is 0 Å². The van der Waals surface area contributed by atoms with E-state index in [1.165, 1.54) is 48.5 Å². The Morgan fingerprint density at radius 2 is 1.52 bits per heavy atom. The molecule has 2 rings (SSSR count). The summed E-state index contributed by atoms with van der Waals surface area (Å²) in [6, 6.07) is 12.7. The first kappa shape index (κ1) is 19.3. The second-order valence-corrected chi connectivity index (χ2v) is 5.90. The minimum absolute atomic E-state index is 0.0390. The molecule has 0 radical (unpaired) electrons. The number of halogens is 6. The van der Waals surface area contributed by atoms with E-state index in [0.29, 0.717) is 11.1 Å². The van der Waals surface area contributed by atoms with Crippen molar-refractivity contribution in [3.8, 4) is 0 Å². The lowest BCUT2D eigenvalue weighted by Gasteiger charge is -2.25. The van der Waals surface area contributed by atoms with E-state index in [9.17, 15) is 22.4 Å². The summed E-state index contributed by atoms with van der Waals surface area (Å²) in [4.78, 5) is 12.1. The van der Waals surface area contributed by atoms with E-state index in [2.05, 4.69) is 16.9 Å². The van der Waals surface area contributed by atoms with Crippen LogP contribution in [0.2, 0.25) is 5.02 Å². The highest BCUT2D eigenvalue weighted by Crippen LogP contribution is 2.43. The Hall–Kier alpha value is -2.05. The molecule has 0 aliphatic rings. The Labute approximate surface area is 151 Å². The van der Waals surface area contributed by atoms with E-state index in [1.807, 2.05) is 0 Å². The number of hydrogen-bond donors (Lipinski definition) is 1. The highest BCUT2D eigenvalue weighted by Gasteiger charge is 2.58. The summed E-state index contributed by atoms with van der Waals surface area (Å²) < 4.78 is 54.4. The van der Waals surface area contributed by atoms with Crippen LogP contribution in [0, 0.1) is 0 Å². The maximum absolute atomic E-state index is 14.0. The van der Waals surface area contributed by atoms with Crippen LogP contribution < -0.4 is 5.32 Å². The van der Waals surface area contributed by atoms with Crippen molar-refractivity contribution in [2.75, 3.05) is 5.32 Å². The van der Waals surface area contributed by atoms with Gasteiger partial charge < -0.3 is 5.32 Å². The van der Waals surface area contributed by atoms with Crippen molar-refractivity contribution < 1.29 is 22.4 Å². The van der Waals surface area contributed by atoms with Gasteiger partial charge in [0.15, 0.2) is 5.78 Å². The van der Waals surface area contributed by atoms with E-state index in [1.54, 1.807) is 6.07 Å². The molecule has 0 saturated heterocycles. The van der Waals surface area contributed by atoms with Crippen LogP contribution in [0.5, 0.6) is 0 Å². The average Bonchev–Trinajstić information content (AvgIpc) is 2.56. The van der Waals surface area contributed by atoms with Gasteiger partial charge >= 0.3 is 11.3 Å². The number of rotatable bonds is 6. The molecule has 2 aromatic rings. The molecule has 0 unspecified atom stereocenters. The smallest absolute Gasteiger partial charge is 0.354 e. The highest BCUT2D eigenvalue weighted by molar-refractivity contribution is 6.30. The van der Waals surface area contributed by atoms with E-state index in [-0.39, 0.29) is 11.3 Å². The lowest BCUT2D eigenvalue weighted by Crippen LogP contribution is -2.40. The number of anilines is 1. The molecule has 1 N–H and O–H groups in total. The molecule has 0 amide bonds.